The zero-order chi connectivity index (χ0) is 13.9. The van der Waals surface area contributed by atoms with Gasteiger partial charge in [0.15, 0.2) is 0 Å². The molecule has 0 bridgehead atoms. The van der Waals surface area contributed by atoms with Crippen LogP contribution in [0.2, 0.25) is 0 Å². The minimum atomic E-state index is -1.10. The second-order valence-electron chi connectivity index (χ2n) is 4.72. The zero-order valence-corrected chi connectivity index (χ0v) is 10.7. The van der Waals surface area contributed by atoms with E-state index >= 15 is 0 Å². The minimum Gasteiger partial charge on any atom is -0.508 e. The molecule has 0 heterocycles. The van der Waals surface area contributed by atoms with E-state index in [0.29, 0.717) is 5.56 Å². The monoisotopic (exact) mass is 250 g/mol. The molecule has 0 saturated carbocycles. The van der Waals surface area contributed by atoms with Gasteiger partial charge in [-0.2, -0.15) is 0 Å². The Morgan fingerprint density at radius 1 is 1.28 bits per heavy atom. The third-order valence-electron chi connectivity index (χ3n) is 3.17. The maximum Gasteiger partial charge on any atom is 0.252 e. The van der Waals surface area contributed by atoms with Crippen molar-refractivity contribution in [2.24, 2.45) is 11.7 Å². The Kier molecular flexibility index (Phi) is 3.96. The fourth-order valence-corrected chi connectivity index (χ4v) is 1.41. The summed E-state index contributed by atoms with van der Waals surface area (Å²) in [6, 6.07) is 5.77. The predicted molar refractivity (Wildman–Crippen MR) is 68.0 cm³/mol. The Morgan fingerprint density at radius 3 is 2.17 bits per heavy atom. The van der Waals surface area contributed by atoms with Gasteiger partial charge in [0, 0.05) is 5.56 Å². The summed E-state index contributed by atoms with van der Waals surface area (Å²) in [7, 11) is 0. The van der Waals surface area contributed by atoms with E-state index < -0.39 is 17.4 Å². The molecule has 0 aromatic heterocycles. The number of benzene rings is 1. The summed E-state index contributed by atoms with van der Waals surface area (Å²) in [5.74, 6) is -1.03. The third-order valence-corrected chi connectivity index (χ3v) is 3.17. The molecular weight excluding hydrogens is 232 g/mol. The van der Waals surface area contributed by atoms with Crippen LogP contribution in [-0.2, 0) is 4.79 Å². The van der Waals surface area contributed by atoms with E-state index in [1.54, 1.807) is 6.92 Å². The van der Waals surface area contributed by atoms with Gasteiger partial charge in [0.05, 0.1) is 0 Å². The Morgan fingerprint density at radius 2 is 1.78 bits per heavy atom. The van der Waals surface area contributed by atoms with Crippen molar-refractivity contribution in [2.45, 2.75) is 26.3 Å². The molecule has 2 amide bonds. The Labute approximate surface area is 106 Å². The van der Waals surface area contributed by atoms with Crippen molar-refractivity contribution >= 4 is 11.8 Å². The van der Waals surface area contributed by atoms with E-state index in [1.807, 2.05) is 13.8 Å². The molecule has 0 saturated heterocycles. The van der Waals surface area contributed by atoms with Gasteiger partial charge in [0.1, 0.15) is 11.3 Å². The molecule has 18 heavy (non-hydrogen) atoms. The number of hydrogen-bond donors (Lipinski definition) is 3. The predicted octanol–water partition coefficient (Wildman–Crippen LogP) is 1.02. The smallest absolute Gasteiger partial charge is 0.252 e. The summed E-state index contributed by atoms with van der Waals surface area (Å²) >= 11 is 0. The van der Waals surface area contributed by atoms with E-state index in [-0.39, 0.29) is 11.7 Å². The molecule has 1 rings (SSSR count). The highest BCUT2D eigenvalue weighted by molar-refractivity contribution is 5.98. The maximum absolute atomic E-state index is 12.0. The molecule has 1 aromatic carbocycles. The molecule has 4 N–H and O–H groups in total. The molecule has 0 aliphatic heterocycles. The maximum atomic E-state index is 12.0. The highest BCUT2D eigenvalue weighted by Gasteiger charge is 2.36. The first-order chi connectivity index (χ1) is 8.27. The number of nitrogens with two attached hydrogens (primary N) is 1. The van der Waals surface area contributed by atoms with E-state index in [2.05, 4.69) is 5.32 Å². The number of aromatic hydroxyl groups is 1. The quantitative estimate of drug-likeness (QED) is 0.745. The summed E-state index contributed by atoms with van der Waals surface area (Å²) < 4.78 is 0. The summed E-state index contributed by atoms with van der Waals surface area (Å²) in [6.45, 7) is 5.21. The average molecular weight is 250 g/mol. The number of primary amides is 1. The number of phenols is 1. The first-order valence-electron chi connectivity index (χ1n) is 5.69. The van der Waals surface area contributed by atoms with Gasteiger partial charge in [-0.3, -0.25) is 9.59 Å². The second kappa shape index (κ2) is 5.08. The van der Waals surface area contributed by atoms with Crippen molar-refractivity contribution in [3.8, 4) is 5.75 Å². The lowest BCUT2D eigenvalue weighted by atomic mass is 9.87. The highest BCUT2D eigenvalue weighted by Crippen LogP contribution is 2.17. The second-order valence-corrected chi connectivity index (χ2v) is 4.72. The number of nitrogens with one attached hydrogen (secondary N) is 1. The van der Waals surface area contributed by atoms with E-state index in [1.165, 1.54) is 24.3 Å². The van der Waals surface area contributed by atoms with Crippen LogP contribution in [0.25, 0.3) is 0 Å². The van der Waals surface area contributed by atoms with Crippen LogP contribution in [-0.4, -0.2) is 22.5 Å². The molecule has 0 aliphatic rings. The van der Waals surface area contributed by atoms with Crippen LogP contribution >= 0.6 is 0 Å². The standard InChI is InChI=1S/C13H18N2O3/c1-8(2)13(3,12(14)18)15-11(17)9-4-6-10(16)7-5-9/h4-8,16H,1-3H3,(H2,14,18)(H,15,17). The van der Waals surface area contributed by atoms with Crippen molar-refractivity contribution in [1.82, 2.24) is 5.32 Å². The van der Waals surface area contributed by atoms with Gasteiger partial charge >= 0.3 is 0 Å². The van der Waals surface area contributed by atoms with Crippen LogP contribution in [0.3, 0.4) is 0 Å². The molecule has 1 atom stereocenters. The van der Waals surface area contributed by atoms with Gasteiger partial charge in [-0.05, 0) is 37.1 Å². The van der Waals surface area contributed by atoms with Crippen molar-refractivity contribution in [3.63, 3.8) is 0 Å². The highest BCUT2D eigenvalue weighted by atomic mass is 16.3. The number of phenolic OH excluding ortho intramolecular Hbond substituents is 1. The van der Waals surface area contributed by atoms with Gasteiger partial charge in [0.2, 0.25) is 5.91 Å². The number of hydrogen-bond acceptors (Lipinski definition) is 3. The van der Waals surface area contributed by atoms with Crippen molar-refractivity contribution < 1.29 is 14.7 Å². The fraction of sp³-hybridized carbons (Fsp3) is 0.385. The SMILES string of the molecule is CC(C)C(C)(NC(=O)c1ccc(O)cc1)C(N)=O. The lowest BCUT2D eigenvalue weighted by Gasteiger charge is -2.31. The van der Waals surface area contributed by atoms with Crippen LogP contribution in [0.5, 0.6) is 5.75 Å². The largest absolute Gasteiger partial charge is 0.508 e. The number of rotatable bonds is 4. The fourth-order valence-electron chi connectivity index (χ4n) is 1.41. The molecule has 0 aliphatic carbocycles. The molecule has 0 radical (unpaired) electrons. The molecule has 98 valence electrons. The molecule has 5 heteroatoms. The Bertz CT molecular complexity index is 454. The number of carbonyl (C=O) groups is 2. The van der Waals surface area contributed by atoms with Gasteiger partial charge in [0.25, 0.3) is 5.91 Å². The molecule has 1 unspecified atom stereocenters. The van der Waals surface area contributed by atoms with Crippen LogP contribution in [0.4, 0.5) is 0 Å². The third kappa shape index (κ3) is 2.80. The van der Waals surface area contributed by atoms with E-state index in [4.69, 9.17) is 10.8 Å². The average Bonchev–Trinajstić information content (AvgIpc) is 2.29. The van der Waals surface area contributed by atoms with Crippen LogP contribution in [0, 0.1) is 5.92 Å². The lowest BCUT2D eigenvalue weighted by molar-refractivity contribution is -0.125. The summed E-state index contributed by atoms with van der Waals surface area (Å²) in [5.41, 5.74) is 4.59. The molecule has 0 fully saturated rings. The van der Waals surface area contributed by atoms with Crippen LogP contribution in [0.1, 0.15) is 31.1 Å². The van der Waals surface area contributed by atoms with Gasteiger partial charge in [-0.25, -0.2) is 0 Å². The summed E-state index contributed by atoms with van der Waals surface area (Å²) in [6.07, 6.45) is 0. The normalized spacial score (nSPS) is 14.0. The minimum absolute atomic E-state index is 0.0769. The van der Waals surface area contributed by atoms with Crippen LogP contribution < -0.4 is 11.1 Å². The molecular formula is C13H18N2O3. The summed E-state index contributed by atoms with van der Waals surface area (Å²) in [5, 5.41) is 11.8. The van der Waals surface area contributed by atoms with Crippen molar-refractivity contribution in [3.05, 3.63) is 29.8 Å². The molecule has 1 aromatic rings. The summed E-state index contributed by atoms with van der Waals surface area (Å²) in [4.78, 5) is 23.4. The first kappa shape index (κ1) is 14.0. The van der Waals surface area contributed by atoms with Gasteiger partial charge in [-0.1, -0.05) is 13.8 Å². The molecule has 5 nitrogen and oxygen atoms in total. The lowest BCUT2D eigenvalue weighted by Crippen LogP contribution is -2.58. The van der Waals surface area contributed by atoms with Crippen molar-refractivity contribution in [2.75, 3.05) is 0 Å². The van der Waals surface area contributed by atoms with Crippen LogP contribution in [0.15, 0.2) is 24.3 Å². The topological polar surface area (TPSA) is 92.4 Å². The Hall–Kier alpha value is -2.04. The number of carbonyl (C=O) groups excluding carboxylic acids is 2. The Balaban J connectivity index is 2.92. The van der Waals surface area contributed by atoms with E-state index in [9.17, 15) is 9.59 Å². The molecule has 0 spiro atoms. The van der Waals surface area contributed by atoms with Gasteiger partial charge in [-0.15, -0.1) is 0 Å². The number of amides is 2. The van der Waals surface area contributed by atoms with Gasteiger partial charge < -0.3 is 16.2 Å². The first-order valence-corrected chi connectivity index (χ1v) is 5.69. The van der Waals surface area contributed by atoms with Crippen molar-refractivity contribution in [1.29, 1.82) is 0 Å². The zero-order valence-electron chi connectivity index (χ0n) is 10.7. The van der Waals surface area contributed by atoms with E-state index in [0.717, 1.165) is 0 Å².